The molecule has 140 valence electrons. The molecular formula is C23H21ClN3O+. The first-order chi connectivity index (χ1) is 13.8. The topological polar surface area (TPSA) is 41.0 Å². The van der Waals surface area contributed by atoms with Crippen LogP contribution in [0.3, 0.4) is 0 Å². The first-order valence-electron chi connectivity index (χ1n) is 9.33. The van der Waals surface area contributed by atoms with Crippen molar-refractivity contribution in [2.45, 2.75) is 26.0 Å². The van der Waals surface area contributed by atoms with Crippen molar-refractivity contribution in [3.63, 3.8) is 0 Å². The summed E-state index contributed by atoms with van der Waals surface area (Å²) in [5.41, 5.74) is 3.78. The Kier molecular flexibility index (Phi) is 5.75. The molecule has 0 atom stereocenters. The Labute approximate surface area is 169 Å². The zero-order valence-corrected chi connectivity index (χ0v) is 16.2. The number of nitrogens with zero attached hydrogens (tertiary/aromatic N) is 2. The first kappa shape index (κ1) is 18.3. The van der Waals surface area contributed by atoms with Crippen molar-refractivity contribution in [2.75, 3.05) is 0 Å². The predicted molar refractivity (Wildman–Crippen MR) is 110 cm³/mol. The van der Waals surface area contributed by atoms with Gasteiger partial charge in [0.1, 0.15) is 6.54 Å². The van der Waals surface area contributed by atoms with Crippen LogP contribution in [0.4, 0.5) is 0 Å². The second-order valence-electron chi connectivity index (χ2n) is 6.83. The monoisotopic (exact) mass is 390 g/mol. The average Bonchev–Trinajstić information content (AvgIpc) is 3.41. The number of nitrogens with one attached hydrogen (secondary N) is 1. The number of imidazole rings is 1. The smallest absolute Gasteiger partial charge is 0.253 e. The van der Waals surface area contributed by atoms with Crippen LogP contribution in [-0.4, -0.2) is 15.3 Å². The number of halogens is 1. The molecule has 1 aliphatic rings. The molecule has 2 aromatic carbocycles. The highest BCUT2D eigenvalue weighted by atomic mass is 35.5. The predicted octanol–water partition coefficient (Wildman–Crippen LogP) is 3.00. The fourth-order valence-electron chi connectivity index (χ4n) is 2.77. The van der Waals surface area contributed by atoms with Crippen LogP contribution in [0.1, 0.15) is 29.5 Å². The van der Waals surface area contributed by atoms with Crippen LogP contribution in [-0.2, 0) is 18.0 Å². The zero-order chi connectivity index (χ0) is 19.2. The van der Waals surface area contributed by atoms with E-state index in [9.17, 15) is 0 Å². The van der Waals surface area contributed by atoms with Crippen molar-refractivity contribution < 1.29 is 9.99 Å². The molecule has 1 heterocycles. The Morgan fingerprint density at radius 2 is 2.07 bits per heavy atom. The van der Waals surface area contributed by atoms with Gasteiger partial charge in [-0.2, -0.15) is 0 Å². The van der Waals surface area contributed by atoms with Gasteiger partial charge in [-0.3, -0.25) is 4.84 Å². The maximum atomic E-state index is 6.58. The molecule has 0 spiro atoms. The van der Waals surface area contributed by atoms with Crippen LogP contribution in [0, 0.1) is 17.8 Å². The number of hydrogen-bond donors (Lipinski definition) is 1. The molecule has 5 heteroatoms. The molecule has 3 aromatic rings. The van der Waals surface area contributed by atoms with Gasteiger partial charge in [-0.05, 0) is 41.8 Å². The first-order valence-corrected chi connectivity index (χ1v) is 9.70. The minimum absolute atomic E-state index is 0.455. The number of aromatic nitrogens is 2. The summed E-state index contributed by atoms with van der Waals surface area (Å²) in [7, 11) is 0. The molecule has 0 amide bonds. The van der Waals surface area contributed by atoms with Crippen LogP contribution in [0.15, 0.2) is 67.3 Å². The van der Waals surface area contributed by atoms with Gasteiger partial charge in [-0.1, -0.05) is 53.8 Å². The summed E-state index contributed by atoms with van der Waals surface area (Å²) < 4.78 is 1.96. The van der Waals surface area contributed by atoms with Gasteiger partial charge in [0.2, 0.25) is 0 Å². The van der Waals surface area contributed by atoms with Gasteiger partial charge >= 0.3 is 0 Å². The molecular weight excluding hydrogens is 370 g/mol. The highest BCUT2D eigenvalue weighted by Gasteiger charge is 2.19. The van der Waals surface area contributed by atoms with Crippen LogP contribution in [0.5, 0.6) is 0 Å². The molecule has 0 aliphatic heterocycles. The lowest BCUT2D eigenvalue weighted by Crippen LogP contribution is -2.72. The highest BCUT2D eigenvalue weighted by Crippen LogP contribution is 2.27. The Morgan fingerprint density at radius 1 is 1.21 bits per heavy atom. The Hall–Kier alpha value is -3.03. The Balaban J connectivity index is 1.55. The van der Waals surface area contributed by atoms with Crippen molar-refractivity contribution in [1.82, 2.24) is 9.55 Å². The fraction of sp³-hybridized carbons (Fsp3) is 0.217. The van der Waals surface area contributed by atoms with E-state index in [1.165, 1.54) is 12.8 Å². The van der Waals surface area contributed by atoms with Gasteiger partial charge < -0.3 is 4.57 Å². The van der Waals surface area contributed by atoms with E-state index in [0.717, 1.165) is 22.4 Å². The normalized spacial score (nSPS) is 13.7. The molecule has 4 rings (SSSR count). The van der Waals surface area contributed by atoms with E-state index in [2.05, 4.69) is 22.0 Å². The summed E-state index contributed by atoms with van der Waals surface area (Å²) in [5, 5.41) is 3.74. The SMILES string of the molecule is Clc1cc(C#CC2CC2)ccc1/C(Cn1ccnc1)=[NH+]/OCc1ccccc1. The van der Waals surface area contributed by atoms with Gasteiger partial charge in [0.15, 0.2) is 6.61 Å². The van der Waals surface area contributed by atoms with E-state index in [4.69, 9.17) is 16.4 Å². The van der Waals surface area contributed by atoms with Gasteiger partial charge in [0, 0.05) is 23.9 Å². The average molecular weight is 391 g/mol. The molecule has 4 nitrogen and oxygen atoms in total. The van der Waals surface area contributed by atoms with Crippen molar-refractivity contribution in [3.05, 3.63) is 89.0 Å². The van der Waals surface area contributed by atoms with E-state index in [0.29, 0.717) is 24.1 Å². The van der Waals surface area contributed by atoms with Gasteiger partial charge in [-0.25, -0.2) is 4.98 Å². The van der Waals surface area contributed by atoms with Crippen LogP contribution in [0.2, 0.25) is 5.02 Å². The van der Waals surface area contributed by atoms with E-state index >= 15 is 0 Å². The van der Waals surface area contributed by atoms with E-state index in [1.54, 1.807) is 12.5 Å². The molecule has 28 heavy (non-hydrogen) atoms. The molecule has 0 radical (unpaired) electrons. The molecule has 1 fully saturated rings. The third-order valence-corrected chi connectivity index (χ3v) is 4.78. The molecule has 1 aromatic heterocycles. The molecule has 0 unspecified atom stereocenters. The third kappa shape index (κ3) is 5.03. The fourth-order valence-corrected chi connectivity index (χ4v) is 3.06. The lowest BCUT2D eigenvalue weighted by Gasteiger charge is -2.05. The van der Waals surface area contributed by atoms with Gasteiger partial charge in [0.25, 0.3) is 5.71 Å². The maximum absolute atomic E-state index is 6.58. The van der Waals surface area contributed by atoms with Crippen LogP contribution in [0.25, 0.3) is 0 Å². The van der Waals surface area contributed by atoms with Crippen molar-refractivity contribution in [2.24, 2.45) is 5.92 Å². The Morgan fingerprint density at radius 3 is 2.79 bits per heavy atom. The molecule has 1 saturated carbocycles. The summed E-state index contributed by atoms with van der Waals surface area (Å²) in [6.45, 7) is 1.03. The number of benzene rings is 2. The van der Waals surface area contributed by atoms with Gasteiger partial charge in [0.05, 0.1) is 16.9 Å². The van der Waals surface area contributed by atoms with Crippen LogP contribution >= 0.6 is 11.6 Å². The molecule has 1 aliphatic carbocycles. The second-order valence-corrected chi connectivity index (χ2v) is 7.24. The zero-order valence-electron chi connectivity index (χ0n) is 15.4. The van der Waals surface area contributed by atoms with Gasteiger partial charge in [-0.15, -0.1) is 0 Å². The maximum Gasteiger partial charge on any atom is 0.253 e. The number of rotatable bonds is 6. The minimum atomic E-state index is 0.455. The second kappa shape index (κ2) is 8.77. The van der Waals surface area contributed by atoms with E-state index in [-0.39, 0.29) is 0 Å². The third-order valence-electron chi connectivity index (χ3n) is 4.47. The summed E-state index contributed by atoms with van der Waals surface area (Å²) in [5.74, 6) is 7.05. The quantitative estimate of drug-likeness (QED) is 0.399. The largest absolute Gasteiger partial charge is 0.327 e. The Bertz CT molecular complexity index is 1010. The highest BCUT2D eigenvalue weighted by molar-refractivity contribution is 6.34. The minimum Gasteiger partial charge on any atom is -0.327 e. The van der Waals surface area contributed by atoms with Crippen LogP contribution < -0.4 is 5.16 Å². The molecule has 0 bridgehead atoms. The molecule has 0 saturated heterocycles. The molecule has 1 N–H and O–H groups in total. The van der Waals surface area contributed by atoms with E-state index < -0.39 is 0 Å². The van der Waals surface area contributed by atoms with Crippen molar-refractivity contribution in [1.29, 1.82) is 0 Å². The van der Waals surface area contributed by atoms with E-state index in [1.807, 2.05) is 59.3 Å². The summed E-state index contributed by atoms with van der Waals surface area (Å²) in [6.07, 6.45) is 7.85. The lowest BCUT2D eigenvalue weighted by atomic mass is 10.1. The van der Waals surface area contributed by atoms with Crippen molar-refractivity contribution in [3.8, 4) is 11.8 Å². The lowest BCUT2D eigenvalue weighted by molar-refractivity contribution is -0.759. The summed E-state index contributed by atoms with van der Waals surface area (Å²) in [6, 6.07) is 15.9. The summed E-state index contributed by atoms with van der Waals surface area (Å²) in [4.78, 5) is 9.86. The van der Waals surface area contributed by atoms with Crippen molar-refractivity contribution >= 4 is 17.3 Å². The number of hydrogen-bond acceptors (Lipinski definition) is 2. The standard InChI is InChI=1S/C23H20ClN3O/c24-22-14-19(9-8-18-6-7-18)10-11-21(22)23(15-27-13-12-25-17-27)26-28-16-20-4-2-1-3-5-20/h1-5,10-14,17-18H,6-7,15-16H2/p+1/b26-23+. The summed E-state index contributed by atoms with van der Waals surface area (Å²) >= 11 is 6.58.